The molecule has 5 nitrogen and oxygen atoms in total. The van der Waals surface area contributed by atoms with Crippen molar-refractivity contribution in [1.82, 2.24) is 15.0 Å². The lowest BCUT2D eigenvalue weighted by molar-refractivity contribution is 0.168. The second kappa shape index (κ2) is 4.97. The molecule has 1 atom stereocenters. The van der Waals surface area contributed by atoms with Gasteiger partial charge in [-0.15, -0.1) is 5.10 Å². The van der Waals surface area contributed by atoms with Gasteiger partial charge in [0.15, 0.2) is 0 Å². The summed E-state index contributed by atoms with van der Waals surface area (Å²) < 4.78 is 6.66. The Bertz CT molecular complexity index is 479. The quantitative estimate of drug-likeness (QED) is 0.859. The summed E-state index contributed by atoms with van der Waals surface area (Å²) in [6.07, 6.45) is 1.52. The van der Waals surface area contributed by atoms with Gasteiger partial charge in [0.1, 0.15) is 11.9 Å². The van der Waals surface area contributed by atoms with Crippen molar-refractivity contribution in [2.75, 3.05) is 7.11 Å². The Kier molecular flexibility index (Phi) is 3.39. The number of aryl methyl sites for hydroxylation is 1. The normalized spacial score (nSPS) is 12.4. The lowest BCUT2D eigenvalue weighted by atomic mass is 10.1. The summed E-state index contributed by atoms with van der Waals surface area (Å²) in [6, 6.07) is 7.63. The molecule has 0 aliphatic heterocycles. The molecular formula is C12H15N3O2. The van der Waals surface area contributed by atoms with E-state index in [1.807, 2.05) is 24.3 Å². The minimum atomic E-state index is -0.594. The van der Waals surface area contributed by atoms with Gasteiger partial charge in [-0.2, -0.15) is 0 Å². The number of aliphatic hydroxyl groups is 1. The van der Waals surface area contributed by atoms with E-state index in [0.29, 0.717) is 12.1 Å². The predicted octanol–water partition coefficient (Wildman–Crippen LogP) is 1.10. The number of methoxy groups -OCH3 is 1. The van der Waals surface area contributed by atoms with Crippen molar-refractivity contribution < 1.29 is 9.84 Å². The van der Waals surface area contributed by atoms with Crippen molar-refractivity contribution in [2.24, 2.45) is 7.05 Å². The first-order valence-electron chi connectivity index (χ1n) is 5.36. The third-order valence-corrected chi connectivity index (χ3v) is 2.68. The molecular weight excluding hydrogens is 218 g/mol. The molecule has 0 amide bonds. The predicted molar refractivity (Wildman–Crippen MR) is 62.7 cm³/mol. The molecule has 1 unspecified atom stereocenters. The van der Waals surface area contributed by atoms with Crippen molar-refractivity contribution in [2.45, 2.75) is 12.5 Å². The van der Waals surface area contributed by atoms with Gasteiger partial charge in [0.2, 0.25) is 0 Å². The molecule has 0 spiro atoms. The second-order valence-corrected chi connectivity index (χ2v) is 3.85. The van der Waals surface area contributed by atoms with E-state index >= 15 is 0 Å². The van der Waals surface area contributed by atoms with Gasteiger partial charge in [0, 0.05) is 13.5 Å². The molecule has 0 saturated heterocycles. The van der Waals surface area contributed by atoms with Crippen molar-refractivity contribution in [3.63, 3.8) is 0 Å². The van der Waals surface area contributed by atoms with E-state index in [-0.39, 0.29) is 0 Å². The third-order valence-electron chi connectivity index (χ3n) is 2.68. The van der Waals surface area contributed by atoms with Gasteiger partial charge in [0.05, 0.1) is 19.0 Å². The van der Waals surface area contributed by atoms with Crippen LogP contribution >= 0.6 is 0 Å². The molecule has 1 aromatic heterocycles. The van der Waals surface area contributed by atoms with Crippen molar-refractivity contribution >= 4 is 0 Å². The topological polar surface area (TPSA) is 60.2 Å². The summed E-state index contributed by atoms with van der Waals surface area (Å²) in [5, 5.41) is 17.6. The lowest BCUT2D eigenvalue weighted by Gasteiger charge is -2.10. The SMILES string of the molecule is COc1ccc(CC(O)c2cnnn2C)cc1. The van der Waals surface area contributed by atoms with Crippen LogP contribution in [0.4, 0.5) is 0 Å². The Labute approximate surface area is 99.7 Å². The van der Waals surface area contributed by atoms with Crippen LogP contribution in [0, 0.1) is 0 Å². The molecule has 5 heteroatoms. The van der Waals surface area contributed by atoms with Gasteiger partial charge >= 0.3 is 0 Å². The van der Waals surface area contributed by atoms with Crippen molar-refractivity contribution in [1.29, 1.82) is 0 Å². The Morgan fingerprint density at radius 1 is 1.35 bits per heavy atom. The van der Waals surface area contributed by atoms with Gasteiger partial charge in [-0.05, 0) is 17.7 Å². The van der Waals surface area contributed by atoms with Crippen LogP contribution in [0.1, 0.15) is 17.4 Å². The summed E-state index contributed by atoms with van der Waals surface area (Å²) >= 11 is 0. The first kappa shape index (κ1) is 11.6. The molecule has 1 aromatic carbocycles. The second-order valence-electron chi connectivity index (χ2n) is 3.85. The maximum absolute atomic E-state index is 10.0. The van der Waals surface area contributed by atoms with Gasteiger partial charge in [-0.3, -0.25) is 0 Å². The fourth-order valence-electron chi connectivity index (χ4n) is 1.69. The standard InChI is InChI=1S/C12H15N3O2/c1-15-11(8-13-14-15)12(16)7-9-3-5-10(17-2)6-4-9/h3-6,8,12,16H,7H2,1-2H3. The van der Waals surface area contributed by atoms with Crippen LogP contribution in [0.5, 0.6) is 5.75 Å². The number of aromatic nitrogens is 3. The summed E-state index contributed by atoms with van der Waals surface area (Å²) in [7, 11) is 3.39. The minimum absolute atomic E-state index is 0.533. The van der Waals surface area contributed by atoms with E-state index < -0.39 is 6.10 Å². The lowest BCUT2D eigenvalue weighted by Crippen LogP contribution is -2.07. The number of ether oxygens (including phenoxy) is 1. The molecule has 0 radical (unpaired) electrons. The molecule has 17 heavy (non-hydrogen) atoms. The van der Waals surface area contributed by atoms with Crippen LogP contribution in [-0.4, -0.2) is 27.2 Å². The van der Waals surface area contributed by atoms with E-state index in [9.17, 15) is 5.11 Å². The monoisotopic (exact) mass is 233 g/mol. The fraction of sp³-hybridized carbons (Fsp3) is 0.333. The maximum atomic E-state index is 10.0. The third kappa shape index (κ3) is 2.62. The average Bonchev–Trinajstić information content (AvgIpc) is 2.76. The highest BCUT2D eigenvalue weighted by Crippen LogP contribution is 2.18. The minimum Gasteiger partial charge on any atom is -0.497 e. The first-order chi connectivity index (χ1) is 8.20. The van der Waals surface area contributed by atoms with Crippen LogP contribution in [0.2, 0.25) is 0 Å². The van der Waals surface area contributed by atoms with Crippen molar-refractivity contribution in [3.05, 3.63) is 41.7 Å². The van der Waals surface area contributed by atoms with Gasteiger partial charge < -0.3 is 9.84 Å². The molecule has 1 N–H and O–H groups in total. The zero-order valence-electron chi connectivity index (χ0n) is 9.87. The molecule has 90 valence electrons. The highest BCUT2D eigenvalue weighted by molar-refractivity contribution is 5.28. The van der Waals surface area contributed by atoms with E-state index in [1.165, 1.54) is 0 Å². The number of hydrogen-bond donors (Lipinski definition) is 1. The van der Waals surface area contributed by atoms with Crippen LogP contribution < -0.4 is 4.74 Å². The summed E-state index contributed by atoms with van der Waals surface area (Å²) in [5.41, 5.74) is 1.75. The molecule has 0 fully saturated rings. The van der Waals surface area contributed by atoms with Gasteiger partial charge in [-0.1, -0.05) is 17.3 Å². The van der Waals surface area contributed by atoms with Crippen LogP contribution in [0.15, 0.2) is 30.5 Å². The smallest absolute Gasteiger partial charge is 0.118 e. The average molecular weight is 233 g/mol. The maximum Gasteiger partial charge on any atom is 0.118 e. The Morgan fingerprint density at radius 2 is 2.06 bits per heavy atom. The molecule has 2 aromatic rings. The van der Waals surface area contributed by atoms with Crippen molar-refractivity contribution in [3.8, 4) is 5.75 Å². The number of rotatable bonds is 4. The van der Waals surface area contributed by atoms with Crippen LogP contribution in [-0.2, 0) is 13.5 Å². The highest BCUT2D eigenvalue weighted by Gasteiger charge is 2.12. The number of hydrogen-bond acceptors (Lipinski definition) is 4. The Hall–Kier alpha value is -1.88. The number of benzene rings is 1. The van der Waals surface area contributed by atoms with E-state index in [1.54, 1.807) is 25.0 Å². The molecule has 0 aliphatic rings. The largest absolute Gasteiger partial charge is 0.497 e. The molecule has 0 saturated carbocycles. The fourth-order valence-corrected chi connectivity index (χ4v) is 1.69. The van der Waals surface area contributed by atoms with Crippen LogP contribution in [0.3, 0.4) is 0 Å². The summed E-state index contributed by atoms with van der Waals surface area (Å²) in [5.74, 6) is 0.811. The van der Waals surface area contributed by atoms with E-state index in [2.05, 4.69) is 10.3 Å². The highest BCUT2D eigenvalue weighted by atomic mass is 16.5. The van der Waals surface area contributed by atoms with Gasteiger partial charge in [-0.25, -0.2) is 4.68 Å². The van der Waals surface area contributed by atoms with E-state index in [4.69, 9.17) is 4.74 Å². The van der Waals surface area contributed by atoms with Crippen LogP contribution in [0.25, 0.3) is 0 Å². The first-order valence-corrected chi connectivity index (χ1v) is 5.36. The number of aliphatic hydroxyl groups excluding tert-OH is 1. The Morgan fingerprint density at radius 3 is 2.59 bits per heavy atom. The van der Waals surface area contributed by atoms with Gasteiger partial charge in [0.25, 0.3) is 0 Å². The molecule has 1 heterocycles. The summed E-state index contributed by atoms with van der Waals surface area (Å²) in [6.45, 7) is 0. The zero-order valence-corrected chi connectivity index (χ0v) is 9.87. The molecule has 0 aliphatic carbocycles. The number of nitrogens with zero attached hydrogens (tertiary/aromatic N) is 3. The summed E-state index contributed by atoms with van der Waals surface area (Å²) in [4.78, 5) is 0. The zero-order chi connectivity index (χ0) is 12.3. The Balaban J connectivity index is 2.07. The molecule has 0 bridgehead atoms. The van der Waals surface area contributed by atoms with E-state index in [0.717, 1.165) is 11.3 Å². The molecule has 2 rings (SSSR count).